The Bertz CT molecular complexity index is 583. The molecule has 0 radical (unpaired) electrons. The van der Waals surface area contributed by atoms with Gasteiger partial charge in [0.15, 0.2) is 0 Å². The molecule has 0 saturated heterocycles. The second kappa shape index (κ2) is 5.66. The summed E-state index contributed by atoms with van der Waals surface area (Å²) in [5, 5.41) is 8.72. The number of hydrogen-bond acceptors (Lipinski definition) is 3. The molecule has 0 atom stereocenters. The highest BCUT2D eigenvalue weighted by Crippen LogP contribution is 2.22. The molecule has 0 heterocycles. The van der Waals surface area contributed by atoms with Crippen LogP contribution in [0.2, 0.25) is 0 Å². The highest BCUT2D eigenvalue weighted by Gasteiger charge is 2.28. The van der Waals surface area contributed by atoms with Gasteiger partial charge in [-0.25, -0.2) is 17.6 Å². The molecule has 19 heavy (non-hydrogen) atoms. The van der Waals surface area contributed by atoms with Gasteiger partial charge in [0.2, 0.25) is 10.0 Å². The summed E-state index contributed by atoms with van der Waals surface area (Å²) in [7, 11) is -3.96. The van der Waals surface area contributed by atoms with Gasteiger partial charge in [-0.05, 0) is 32.0 Å². The number of benzene rings is 1. The molecule has 5 nitrogen and oxygen atoms in total. The molecule has 0 unspecified atom stereocenters. The van der Waals surface area contributed by atoms with Crippen LogP contribution < -0.4 is 0 Å². The number of carboxylic acid groups (broad SMARTS) is 1. The highest BCUT2D eigenvalue weighted by molar-refractivity contribution is 7.89. The second-order valence-corrected chi connectivity index (χ2v) is 6.11. The van der Waals surface area contributed by atoms with Gasteiger partial charge < -0.3 is 5.11 Å². The van der Waals surface area contributed by atoms with Crippen LogP contribution in [0.15, 0.2) is 23.1 Å². The molecular weight excluding hydrogens is 273 g/mol. The van der Waals surface area contributed by atoms with Gasteiger partial charge in [0.05, 0.1) is 5.56 Å². The Morgan fingerprint density at radius 3 is 2.37 bits per heavy atom. The molecular formula is C12H16FNO4S. The first-order valence-electron chi connectivity index (χ1n) is 5.76. The highest BCUT2D eigenvalue weighted by atomic mass is 32.2. The Morgan fingerprint density at radius 2 is 2.00 bits per heavy atom. The van der Waals surface area contributed by atoms with Crippen molar-refractivity contribution in [1.82, 2.24) is 4.31 Å². The van der Waals surface area contributed by atoms with E-state index >= 15 is 0 Å². The van der Waals surface area contributed by atoms with Crippen LogP contribution in [0, 0.1) is 5.82 Å². The van der Waals surface area contributed by atoms with Crippen molar-refractivity contribution in [1.29, 1.82) is 0 Å². The van der Waals surface area contributed by atoms with Gasteiger partial charge in [0, 0.05) is 12.6 Å². The van der Waals surface area contributed by atoms with Crippen LogP contribution in [0.25, 0.3) is 0 Å². The summed E-state index contributed by atoms with van der Waals surface area (Å²) in [5.41, 5.74) is -0.288. The minimum absolute atomic E-state index is 0.208. The molecule has 0 aliphatic heterocycles. The van der Waals surface area contributed by atoms with E-state index in [2.05, 4.69) is 0 Å². The first-order chi connectivity index (χ1) is 8.71. The lowest BCUT2D eigenvalue weighted by molar-refractivity contribution is 0.0696. The van der Waals surface area contributed by atoms with Gasteiger partial charge in [-0.1, -0.05) is 6.92 Å². The molecule has 1 N–H and O–H groups in total. The minimum atomic E-state index is -3.96. The normalized spacial score (nSPS) is 12.1. The van der Waals surface area contributed by atoms with Crippen molar-refractivity contribution in [2.45, 2.75) is 31.7 Å². The third kappa shape index (κ3) is 3.10. The molecule has 0 amide bonds. The molecule has 0 fully saturated rings. The molecule has 1 aromatic rings. The largest absolute Gasteiger partial charge is 0.478 e. The predicted molar refractivity (Wildman–Crippen MR) is 68.1 cm³/mol. The van der Waals surface area contributed by atoms with E-state index in [4.69, 9.17) is 5.11 Å². The predicted octanol–water partition coefficient (Wildman–Crippen LogP) is 1.94. The number of hydrogen-bond donors (Lipinski definition) is 1. The van der Waals surface area contributed by atoms with Crippen LogP contribution in [-0.4, -0.2) is 36.4 Å². The summed E-state index contributed by atoms with van der Waals surface area (Å²) >= 11 is 0. The Balaban J connectivity index is 3.33. The van der Waals surface area contributed by atoms with Gasteiger partial charge in [-0.15, -0.1) is 0 Å². The lowest BCUT2D eigenvalue weighted by Gasteiger charge is -2.24. The Labute approximate surface area is 111 Å². The maximum Gasteiger partial charge on any atom is 0.335 e. The summed E-state index contributed by atoms with van der Waals surface area (Å²) < 4.78 is 39.4. The molecule has 0 bridgehead atoms. The molecule has 1 aromatic carbocycles. The van der Waals surface area contributed by atoms with E-state index in [0.29, 0.717) is 6.07 Å². The van der Waals surface area contributed by atoms with Crippen molar-refractivity contribution in [3.05, 3.63) is 29.6 Å². The van der Waals surface area contributed by atoms with Crippen molar-refractivity contribution in [2.24, 2.45) is 0 Å². The average Bonchev–Trinajstić information content (AvgIpc) is 2.28. The Morgan fingerprint density at radius 1 is 1.42 bits per heavy atom. The van der Waals surface area contributed by atoms with Crippen LogP contribution >= 0.6 is 0 Å². The summed E-state index contributed by atoms with van der Waals surface area (Å²) in [4.78, 5) is 10.2. The Kier molecular flexibility index (Phi) is 4.65. The van der Waals surface area contributed by atoms with E-state index in [1.165, 1.54) is 0 Å². The van der Waals surface area contributed by atoms with Gasteiger partial charge in [0.25, 0.3) is 0 Å². The monoisotopic (exact) mass is 289 g/mol. The van der Waals surface area contributed by atoms with Gasteiger partial charge in [-0.2, -0.15) is 4.31 Å². The molecule has 0 spiro atoms. The maximum atomic E-state index is 13.8. The molecule has 7 heteroatoms. The number of sulfonamides is 1. The lowest BCUT2D eigenvalue weighted by Crippen LogP contribution is -2.37. The topological polar surface area (TPSA) is 74.7 Å². The van der Waals surface area contributed by atoms with Gasteiger partial charge >= 0.3 is 5.97 Å². The van der Waals surface area contributed by atoms with Crippen LogP contribution in [-0.2, 0) is 10.0 Å². The Hall–Kier alpha value is -1.47. The summed E-state index contributed by atoms with van der Waals surface area (Å²) in [5.74, 6) is -2.36. The summed E-state index contributed by atoms with van der Waals surface area (Å²) in [6.07, 6.45) is 0. The summed E-state index contributed by atoms with van der Waals surface area (Å²) in [6, 6.07) is 2.46. The smallest absolute Gasteiger partial charge is 0.335 e. The third-order valence-electron chi connectivity index (χ3n) is 2.65. The molecule has 0 aliphatic rings. The number of rotatable bonds is 5. The fourth-order valence-electron chi connectivity index (χ4n) is 1.78. The number of aromatic carboxylic acids is 1. The van der Waals surface area contributed by atoms with E-state index in [0.717, 1.165) is 16.4 Å². The first-order valence-corrected chi connectivity index (χ1v) is 7.20. The van der Waals surface area contributed by atoms with Crippen molar-refractivity contribution >= 4 is 16.0 Å². The number of carboxylic acids is 1. The molecule has 0 aliphatic carbocycles. The zero-order valence-electron chi connectivity index (χ0n) is 10.9. The molecule has 0 saturated carbocycles. The number of carbonyl (C=O) groups is 1. The van der Waals surface area contributed by atoms with Crippen LogP contribution in [0.5, 0.6) is 0 Å². The van der Waals surface area contributed by atoms with Crippen molar-refractivity contribution in [3.63, 3.8) is 0 Å². The molecule has 0 aromatic heterocycles. The average molecular weight is 289 g/mol. The molecule has 1 rings (SSSR count). The van der Waals surface area contributed by atoms with Crippen molar-refractivity contribution in [3.8, 4) is 0 Å². The van der Waals surface area contributed by atoms with Gasteiger partial charge in [-0.3, -0.25) is 0 Å². The first kappa shape index (κ1) is 15.6. The zero-order valence-corrected chi connectivity index (χ0v) is 11.7. The van der Waals surface area contributed by atoms with E-state index in [1.807, 2.05) is 0 Å². The van der Waals surface area contributed by atoms with Crippen LogP contribution in [0.1, 0.15) is 31.1 Å². The number of nitrogens with zero attached hydrogens (tertiary/aromatic N) is 1. The standard InChI is InChI=1S/C12H16FNO4S/c1-4-14(8(2)3)19(17,18)11-6-5-9(12(15)16)7-10(11)13/h5-8H,4H2,1-3H3,(H,15,16). The van der Waals surface area contributed by atoms with E-state index in [-0.39, 0.29) is 18.2 Å². The second-order valence-electron chi connectivity index (χ2n) is 4.25. The van der Waals surface area contributed by atoms with Crippen molar-refractivity contribution in [2.75, 3.05) is 6.54 Å². The SMILES string of the molecule is CCN(C(C)C)S(=O)(=O)c1ccc(C(=O)O)cc1F. The minimum Gasteiger partial charge on any atom is -0.478 e. The van der Waals surface area contributed by atoms with E-state index in [1.54, 1.807) is 20.8 Å². The van der Waals surface area contributed by atoms with Crippen LogP contribution in [0.3, 0.4) is 0 Å². The fraction of sp³-hybridized carbons (Fsp3) is 0.417. The lowest BCUT2D eigenvalue weighted by atomic mass is 10.2. The van der Waals surface area contributed by atoms with E-state index < -0.39 is 26.7 Å². The van der Waals surface area contributed by atoms with Gasteiger partial charge in [0.1, 0.15) is 10.7 Å². The van der Waals surface area contributed by atoms with Crippen molar-refractivity contribution < 1.29 is 22.7 Å². The third-order valence-corrected chi connectivity index (χ3v) is 4.84. The molecule has 106 valence electrons. The van der Waals surface area contributed by atoms with Crippen LogP contribution in [0.4, 0.5) is 4.39 Å². The maximum absolute atomic E-state index is 13.8. The quantitative estimate of drug-likeness (QED) is 0.899. The fourth-order valence-corrected chi connectivity index (χ4v) is 3.48. The summed E-state index contributed by atoms with van der Waals surface area (Å²) in [6.45, 7) is 5.23. The van der Waals surface area contributed by atoms with E-state index in [9.17, 15) is 17.6 Å². The number of halogens is 1. The zero-order chi connectivity index (χ0) is 14.8.